The lowest BCUT2D eigenvalue weighted by molar-refractivity contribution is 0.123. The van der Waals surface area contributed by atoms with E-state index in [-0.39, 0.29) is 0 Å². The molecular weight excluding hydrogens is 326 g/mol. The summed E-state index contributed by atoms with van der Waals surface area (Å²) in [6.45, 7) is 3.84. The number of morpholine rings is 1. The molecule has 0 saturated carbocycles. The summed E-state index contributed by atoms with van der Waals surface area (Å²) < 4.78 is 5.43. The maximum absolute atomic E-state index is 6.43. The second-order valence-corrected chi connectivity index (χ2v) is 6.60. The molecule has 4 rings (SSSR count). The molecule has 1 aliphatic rings. The quantitative estimate of drug-likeness (QED) is 0.531. The normalized spacial score (nSPS) is 14.7. The Morgan fingerprint density at radius 3 is 2.73 bits per heavy atom. The van der Waals surface area contributed by atoms with Crippen LogP contribution in [-0.2, 0) is 11.2 Å². The molecule has 1 aliphatic heterocycles. The second-order valence-electron chi connectivity index (χ2n) is 6.60. The number of nitrogens with two attached hydrogens (primary N) is 2. The lowest BCUT2D eigenvalue weighted by atomic mass is 10.1. The predicted molar refractivity (Wildman–Crippen MR) is 109 cm³/mol. The minimum atomic E-state index is 0.705. The SMILES string of the molecule is Nc1ccc(NCCc2c[nH]c3ccccc23)c(N)c1N1CCOCC1. The molecule has 1 aromatic heterocycles. The number of para-hydroxylation sites is 1. The van der Waals surface area contributed by atoms with E-state index in [0.29, 0.717) is 24.6 Å². The smallest absolute Gasteiger partial charge is 0.0856 e. The molecule has 3 aromatic rings. The van der Waals surface area contributed by atoms with Crippen LogP contribution in [0.5, 0.6) is 0 Å². The zero-order valence-electron chi connectivity index (χ0n) is 14.8. The fourth-order valence-electron chi connectivity index (χ4n) is 3.59. The highest BCUT2D eigenvalue weighted by molar-refractivity contribution is 5.89. The van der Waals surface area contributed by atoms with Crippen LogP contribution in [0.1, 0.15) is 5.56 Å². The van der Waals surface area contributed by atoms with Crippen molar-refractivity contribution >= 4 is 33.7 Å². The molecule has 1 saturated heterocycles. The number of H-pyrrole nitrogens is 1. The third-order valence-electron chi connectivity index (χ3n) is 4.96. The molecule has 0 unspecified atom stereocenters. The average Bonchev–Trinajstić information content (AvgIpc) is 3.08. The molecule has 136 valence electrons. The molecule has 6 heteroatoms. The summed E-state index contributed by atoms with van der Waals surface area (Å²) >= 11 is 0. The summed E-state index contributed by atoms with van der Waals surface area (Å²) in [7, 11) is 0. The van der Waals surface area contributed by atoms with Crippen LogP contribution in [0, 0.1) is 0 Å². The number of ether oxygens (including phenoxy) is 1. The Kier molecular flexibility index (Phi) is 4.58. The van der Waals surface area contributed by atoms with Gasteiger partial charge >= 0.3 is 0 Å². The number of benzene rings is 2. The van der Waals surface area contributed by atoms with E-state index in [0.717, 1.165) is 37.4 Å². The van der Waals surface area contributed by atoms with Gasteiger partial charge in [-0.25, -0.2) is 0 Å². The van der Waals surface area contributed by atoms with E-state index in [1.165, 1.54) is 16.5 Å². The van der Waals surface area contributed by atoms with Gasteiger partial charge in [-0.3, -0.25) is 0 Å². The highest BCUT2D eigenvalue weighted by Gasteiger charge is 2.18. The average molecular weight is 351 g/mol. The molecule has 26 heavy (non-hydrogen) atoms. The highest BCUT2D eigenvalue weighted by atomic mass is 16.5. The molecule has 0 atom stereocenters. The van der Waals surface area contributed by atoms with Gasteiger partial charge in [-0.1, -0.05) is 18.2 Å². The first-order valence-corrected chi connectivity index (χ1v) is 9.03. The van der Waals surface area contributed by atoms with Crippen LogP contribution in [0.2, 0.25) is 0 Å². The number of fused-ring (bicyclic) bond motifs is 1. The Morgan fingerprint density at radius 1 is 1.08 bits per heavy atom. The van der Waals surface area contributed by atoms with E-state index in [4.69, 9.17) is 16.2 Å². The molecule has 1 fully saturated rings. The molecule has 0 bridgehead atoms. The van der Waals surface area contributed by atoms with E-state index in [2.05, 4.69) is 39.6 Å². The van der Waals surface area contributed by atoms with Gasteiger partial charge in [-0.2, -0.15) is 0 Å². The molecule has 0 amide bonds. The Bertz CT molecular complexity index is 898. The number of aromatic nitrogens is 1. The number of nitrogen functional groups attached to an aromatic ring is 2. The van der Waals surface area contributed by atoms with Gasteiger partial charge in [0.15, 0.2) is 0 Å². The Balaban J connectivity index is 1.48. The van der Waals surface area contributed by atoms with Crippen molar-refractivity contribution in [2.75, 3.05) is 54.5 Å². The van der Waals surface area contributed by atoms with E-state index in [1.807, 2.05) is 18.2 Å². The molecule has 6 nitrogen and oxygen atoms in total. The summed E-state index contributed by atoms with van der Waals surface area (Å²) in [5, 5.41) is 4.74. The van der Waals surface area contributed by atoms with Crippen LogP contribution in [0.3, 0.4) is 0 Å². The monoisotopic (exact) mass is 351 g/mol. The van der Waals surface area contributed by atoms with Crippen molar-refractivity contribution in [2.45, 2.75) is 6.42 Å². The lowest BCUT2D eigenvalue weighted by Crippen LogP contribution is -2.37. The van der Waals surface area contributed by atoms with Crippen LogP contribution in [0.15, 0.2) is 42.6 Å². The minimum absolute atomic E-state index is 0.705. The summed E-state index contributed by atoms with van der Waals surface area (Å²) in [6.07, 6.45) is 3.00. The third-order valence-corrected chi connectivity index (χ3v) is 4.96. The fourth-order valence-corrected chi connectivity index (χ4v) is 3.59. The van der Waals surface area contributed by atoms with Gasteiger partial charge in [0.05, 0.1) is 36.0 Å². The van der Waals surface area contributed by atoms with E-state index >= 15 is 0 Å². The van der Waals surface area contributed by atoms with Crippen molar-refractivity contribution in [2.24, 2.45) is 0 Å². The van der Waals surface area contributed by atoms with Gasteiger partial charge in [0, 0.05) is 36.7 Å². The van der Waals surface area contributed by atoms with Gasteiger partial charge < -0.3 is 31.4 Å². The number of rotatable bonds is 5. The largest absolute Gasteiger partial charge is 0.397 e. The minimum Gasteiger partial charge on any atom is -0.397 e. The first-order chi connectivity index (χ1) is 12.7. The summed E-state index contributed by atoms with van der Waals surface area (Å²) in [6, 6.07) is 12.2. The number of hydrogen-bond acceptors (Lipinski definition) is 5. The number of nitrogens with one attached hydrogen (secondary N) is 2. The fraction of sp³-hybridized carbons (Fsp3) is 0.300. The maximum Gasteiger partial charge on any atom is 0.0856 e. The van der Waals surface area contributed by atoms with Gasteiger partial charge in [0.2, 0.25) is 0 Å². The first kappa shape index (κ1) is 16.6. The third kappa shape index (κ3) is 3.15. The van der Waals surface area contributed by atoms with Crippen LogP contribution in [0.4, 0.5) is 22.7 Å². The Labute approximate surface area is 153 Å². The van der Waals surface area contributed by atoms with Crippen molar-refractivity contribution < 1.29 is 4.74 Å². The summed E-state index contributed by atoms with van der Waals surface area (Å²) in [5.74, 6) is 0. The molecular formula is C20H25N5O. The lowest BCUT2D eigenvalue weighted by Gasteiger charge is -2.31. The standard InChI is InChI=1S/C20H25N5O/c21-16-5-6-18(19(22)20(16)25-9-11-26-12-10-25)23-8-7-14-13-24-17-4-2-1-3-15(14)17/h1-6,13,23-24H,7-12,21-22H2. The van der Waals surface area contributed by atoms with E-state index in [9.17, 15) is 0 Å². The van der Waals surface area contributed by atoms with Crippen LogP contribution in [-0.4, -0.2) is 37.8 Å². The van der Waals surface area contributed by atoms with E-state index < -0.39 is 0 Å². The van der Waals surface area contributed by atoms with Crippen molar-refractivity contribution in [3.8, 4) is 0 Å². The Hall–Kier alpha value is -2.86. The van der Waals surface area contributed by atoms with Crippen molar-refractivity contribution in [1.29, 1.82) is 0 Å². The topological polar surface area (TPSA) is 92.3 Å². The molecule has 2 heterocycles. The van der Waals surface area contributed by atoms with Crippen molar-refractivity contribution in [1.82, 2.24) is 4.98 Å². The number of hydrogen-bond donors (Lipinski definition) is 4. The van der Waals surface area contributed by atoms with Crippen LogP contribution >= 0.6 is 0 Å². The summed E-state index contributed by atoms with van der Waals surface area (Å²) in [4.78, 5) is 5.53. The first-order valence-electron chi connectivity index (χ1n) is 9.03. The maximum atomic E-state index is 6.43. The van der Waals surface area contributed by atoms with E-state index in [1.54, 1.807) is 0 Å². The van der Waals surface area contributed by atoms with Gasteiger partial charge in [-0.05, 0) is 30.2 Å². The molecule has 6 N–H and O–H groups in total. The number of anilines is 4. The highest BCUT2D eigenvalue weighted by Crippen LogP contribution is 2.36. The zero-order valence-corrected chi connectivity index (χ0v) is 14.8. The Morgan fingerprint density at radius 2 is 1.88 bits per heavy atom. The predicted octanol–water partition coefficient (Wildman–Crippen LogP) is 2.82. The van der Waals surface area contributed by atoms with Gasteiger partial charge in [-0.15, -0.1) is 0 Å². The van der Waals surface area contributed by atoms with Crippen molar-refractivity contribution in [3.05, 3.63) is 48.2 Å². The van der Waals surface area contributed by atoms with Crippen LogP contribution in [0.25, 0.3) is 10.9 Å². The molecule has 0 aliphatic carbocycles. The zero-order chi connectivity index (χ0) is 17.9. The second kappa shape index (κ2) is 7.17. The molecule has 0 radical (unpaired) electrons. The number of aromatic amines is 1. The van der Waals surface area contributed by atoms with Gasteiger partial charge in [0.25, 0.3) is 0 Å². The molecule has 2 aromatic carbocycles. The summed E-state index contributed by atoms with van der Waals surface area (Å²) in [5.41, 5.74) is 18.4. The van der Waals surface area contributed by atoms with Gasteiger partial charge in [0.1, 0.15) is 0 Å². The van der Waals surface area contributed by atoms with Crippen molar-refractivity contribution in [3.63, 3.8) is 0 Å². The molecule has 0 spiro atoms. The number of nitrogens with zero attached hydrogens (tertiary/aromatic N) is 1. The van der Waals surface area contributed by atoms with Crippen LogP contribution < -0.4 is 21.7 Å².